The van der Waals surface area contributed by atoms with Crippen molar-refractivity contribution < 1.29 is 13.2 Å². The summed E-state index contributed by atoms with van der Waals surface area (Å²) in [6.45, 7) is 5.51. The molecule has 1 aromatic heterocycles. The van der Waals surface area contributed by atoms with Gasteiger partial charge in [-0.05, 0) is 43.2 Å². The Kier molecular flexibility index (Phi) is 6.34. The molecule has 0 aliphatic carbocycles. The lowest BCUT2D eigenvalue weighted by molar-refractivity contribution is -0.117. The zero-order valence-corrected chi connectivity index (χ0v) is 17.4. The van der Waals surface area contributed by atoms with Gasteiger partial charge in [0.2, 0.25) is 15.9 Å². The number of amides is 1. The lowest BCUT2D eigenvalue weighted by atomic mass is 10.2. The Balaban J connectivity index is 1.59. The van der Waals surface area contributed by atoms with E-state index >= 15 is 0 Å². The molecule has 9 heteroatoms. The van der Waals surface area contributed by atoms with Crippen molar-refractivity contribution in [1.29, 1.82) is 0 Å². The zero-order valence-electron chi connectivity index (χ0n) is 15.9. The van der Waals surface area contributed by atoms with Crippen LogP contribution in [0.4, 0.5) is 5.69 Å². The number of carbonyl (C=O) groups excluding carboxylic acids is 1. The summed E-state index contributed by atoms with van der Waals surface area (Å²) in [7, 11) is -3.54. The third-order valence-electron chi connectivity index (χ3n) is 4.69. The fourth-order valence-electron chi connectivity index (χ4n) is 3.12. The molecular formula is C19H23ClN4O3S. The summed E-state index contributed by atoms with van der Waals surface area (Å²) in [6.07, 6.45) is 1.55. The second-order valence-electron chi connectivity index (χ2n) is 6.84. The van der Waals surface area contributed by atoms with E-state index in [1.165, 1.54) is 4.31 Å². The predicted molar refractivity (Wildman–Crippen MR) is 109 cm³/mol. The second kappa shape index (κ2) is 8.57. The van der Waals surface area contributed by atoms with Gasteiger partial charge in [-0.1, -0.05) is 23.7 Å². The van der Waals surface area contributed by atoms with Gasteiger partial charge in [0, 0.05) is 32.4 Å². The first-order chi connectivity index (χ1) is 13.3. The van der Waals surface area contributed by atoms with E-state index < -0.39 is 10.0 Å². The summed E-state index contributed by atoms with van der Waals surface area (Å²) >= 11 is 5.95. The number of aryl methyl sites for hydroxylation is 2. The third-order valence-corrected chi connectivity index (χ3v) is 7.03. The molecule has 2 aromatic rings. The number of halogens is 1. The number of carbonyl (C=O) groups is 1. The third kappa shape index (κ3) is 4.70. The van der Waals surface area contributed by atoms with E-state index in [0.29, 0.717) is 36.8 Å². The molecule has 150 valence electrons. The molecule has 1 aromatic carbocycles. The van der Waals surface area contributed by atoms with Crippen molar-refractivity contribution in [3.05, 3.63) is 52.8 Å². The average molecular weight is 423 g/mol. The zero-order chi connectivity index (χ0) is 20.3. The number of sulfonamides is 1. The van der Waals surface area contributed by atoms with Crippen LogP contribution in [0, 0.1) is 13.8 Å². The molecule has 0 unspecified atom stereocenters. The Hall–Kier alpha value is -2.00. The van der Waals surface area contributed by atoms with E-state index in [-0.39, 0.29) is 17.6 Å². The van der Waals surface area contributed by atoms with Crippen LogP contribution < -0.4 is 5.32 Å². The number of nitrogens with zero attached hydrogens (tertiary/aromatic N) is 3. The van der Waals surface area contributed by atoms with Crippen LogP contribution in [0.15, 0.2) is 41.4 Å². The summed E-state index contributed by atoms with van der Waals surface area (Å²) in [4.78, 5) is 18.4. The fraction of sp³-hybridized carbons (Fsp3) is 0.368. The minimum absolute atomic E-state index is 0.169. The highest BCUT2D eigenvalue weighted by molar-refractivity contribution is 7.89. The highest BCUT2D eigenvalue weighted by Crippen LogP contribution is 2.22. The van der Waals surface area contributed by atoms with Gasteiger partial charge in [-0.3, -0.25) is 9.69 Å². The maximum Gasteiger partial charge on any atom is 0.243 e. The van der Waals surface area contributed by atoms with Gasteiger partial charge in [0.15, 0.2) is 5.15 Å². The molecule has 0 radical (unpaired) electrons. The Labute approximate surface area is 170 Å². The van der Waals surface area contributed by atoms with Crippen LogP contribution in [0.2, 0.25) is 5.15 Å². The van der Waals surface area contributed by atoms with Crippen molar-refractivity contribution in [2.24, 2.45) is 0 Å². The maximum atomic E-state index is 13.0. The van der Waals surface area contributed by atoms with E-state index in [1.54, 1.807) is 31.3 Å². The Morgan fingerprint density at radius 1 is 1.18 bits per heavy atom. The van der Waals surface area contributed by atoms with Gasteiger partial charge in [0.25, 0.3) is 0 Å². The SMILES string of the molecule is Cc1ccc(C)c(S(=O)(=O)N2CCN(CC(=O)Nc3cccnc3Cl)CC2)c1. The Morgan fingerprint density at radius 3 is 2.57 bits per heavy atom. The highest BCUT2D eigenvalue weighted by atomic mass is 35.5. The number of benzene rings is 1. The molecule has 1 fully saturated rings. The number of pyridine rings is 1. The Morgan fingerprint density at radius 2 is 1.89 bits per heavy atom. The summed E-state index contributed by atoms with van der Waals surface area (Å²) in [6, 6.07) is 8.81. The summed E-state index contributed by atoms with van der Waals surface area (Å²) < 4.78 is 27.4. The number of anilines is 1. The van der Waals surface area contributed by atoms with Crippen LogP contribution in [0.5, 0.6) is 0 Å². The van der Waals surface area contributed by atoms with E-state index in [2.05, 4.69) is 10.3 Å². The van der Waals surface area contributed by atoms with Gasteiger partial charge < -0.3 is 5.32 Å². The molecule has 7 nitrogen and oxygen atoms in total. The smallest absolute Gasteiger partial charge is 0.243 e. The topological polar surface area (TPSA) is 82.6 Å². The first kappa shape index (κ1) is 20.7. The van der Waals surface area contributed by atoms with Gasteiger partial charge in [0.05, 0.1) is 17.1 Å². The molecule has 28 heavy (non-hydrogen) atoms. The standard InChI is InChI=1S/C19H23ClN4O3S/c1-14-5-6-15(2)17(12-14)28(26,27)24-10-8-23(9-11-24)13-18(25)22-16-4-3-7-21-19(16)20/h3-7,12H,8-11,13H2,1-2H3,(H,22,25). The molecular weight excluding hydrogens is 400 g/mol. The molecule has 0 atom stereocenters. The molecule has 0 spiro atoms. The largest absolute Gasteiger partial charge is 0.322 e. The van der Waals surface area contributed by atoms with E-state index in [4.69, 9.17) is 11.6 Å². The number of aromatic nitrogens is 1. The van der Waals surface area contributed by atoms with Crippen molar-refractivity contribution in [3.8, 4) is 0 Å². The molecule has 1 saturated heterocycles. The van der Waals surface area contributed by atoms with Crippen LogP contribution in [-0.2, 0) is 14.8 Å². The van der Waals surface area contributed by atoms with Crippen LogP contribution in [-0.4, -0.2) is 61.2 Å². The van der Waals surface area contributed by atoms with Crippen LogP contribution in [0.25, 0.3) is 0 Å². The molecule has 1 N–H and O–H groups in total. The van der Waals surface area contributed by atoms with E-state index in [9.17, 15) is 13.2 Å². The monoisotopic (exact) mass is 422 g/mol. The van der Waals surface area contributed by atoms with Crippen molar-refractivity contribution in [3.63, 3.8) is 0 Å². The van der Waals surface area contributed by atoms with Crippen LogP contribution in [0.3, 0.4) is 0 Å². The number of piperazine rings is 1. The second-order valence-corrected chi connectivity index (χ2v) is 9.10. The number of nitrogens with one attached hydrogen (secondary N) is 1. The van der Waals surface area contributed by atoms with E-state index in [0.717, 1.165) is 11.1 Å². The van der Waals surface area contributed by atoms with Crippen molar-refractivity contribution in [1.82, 2.24) is 14.2 Å². The molecule has 0 saturated carbocycles. The van der Waals surface area contributed by atoms with Crippen LogP contribution >= 0.6 is 11.6 Å². The van der Waals surface area contributed by atoms with Gasteiger partial charge in [0.1, 0.15) is 0 Å². The van der Waals surface area contributed by atoms with Gasteiger partial charge in [-0.2, -0.15) is 4.31 Å². The molecule has 0 bridgehead atoms. The first-order valence-electron chi connectivity index (χ1n) is 8.97. The predicted octanol–water partition coefficient (Wildman–Crippen LogP) is 2.30. The van der Waals surface area contributed by atoms with E-state index in [1.807, 2.05) is 24.0 Å². The quantitative estimate of drug-likeness (QED) is 0.747. The van der Waals surface area contributed by atoms with Gasteiger partial charge in [-0.15, -0.1) is 0 Å². The molecule has 1 aliphatic rings. The van der Waals surface area contributed by atoms with Crippen molar-refractivity contribution in [2.75, 3.05) is 38.0 Å². The molecule has 2 heterocycles. The first-order valence-corrected chi connectivity index (χ1v) is 10.8. The molecule has 1 aliphatic heterocycles. The summed E-state index contributed by atoms with van der Waals surface area (Å²) in [5.74, 6) is -0.208. The molecule has 1 amide bonds. The lowest BCUT2D eigenvalue weighted by Gasteiger charge is -2.33. The normalized spacial score (nSPS) is 16.1. The number of hydrogen-bond donors (Lipinski definition) is 1. The van der Waals surface area contributed by atoms with Crippen molar-refractivity contribution in [2.45, 2.75) is 18.7 Å². The minimum Gasteiger partial charge on any atom is -0.322 e. The summed E-state index contributed by atoms with van der Waals surface area (Å²) in [5.41, 5.74) is 2.11. The number of hydrogen-bond acceptors (Lipinski definition) is 5. The lowest BCUT2D eigenvalue weighted by Crippen LogP contribution is -2.50. The maximum absolute atomic E-state index is 13.0. The summed E-state index contributed by atoms with van der Waals surface area (Å²) in [5, 5.41) is 2.97. The fourth-order valence-corrected chi connectivity index (χ4v) is 5.02. The van der Waals surface area contributed by atoms with Gasteiger partial charge >= 0.3 is 0 Å². The Bertz CT molecular complexity index is 973. The highest BCUT2D eigenvalue weighted by Gasteiger charge is 2.30. The number of rotatable bonds is 5. The average Bonchev–Trinajstić information content (AvgIpc) is 2.66. The minimum atomic E-state index is -3.54. The van der Waals surface area contributed by atoms with Gasteiger partial charge in [-0.25, -0.2) is 13.4 Å². The van der Waals surface area contributed by atoms with Crippen LogP contribution in [0.1, 0.15) is 11.1 Å². The molecule has 3 rings (SSSR count). The van der Waals surface area contributed by atoms with Crippen molar-refractivity contribution >= 4 is 33.2 Å².